The number of methoxy groups -OCH3 is 1. The zero-order valence-electron chi connectivity index (χ0n) is 16.9. The summed E-state index contributed by atoms with van der Waals surface area (Å²) < 4.78 is 19.9. The molecule has 0 fully saturated rings. The molecule has 2 aromatic heterocycles. The van der Waals surface area contributed by atoms with Gasteiger partial charge in [-0.1, -0.05) is 24.3 Å². The molecular weight excluding hydrogens is 431 g/mol. The highest BCUT2D eigenvalue weighted by molar-refractivity contribution is 7.13. The lowest BCUT2D eigenvalue weighted by Gasteiger charge is -2.22. The van der Waals surface area contributed by atoms with Gasteiger partial charge in [0.05, 0.1) is 17.7 Å². The van der Waals surface area contributed by atoms with Crippen LogP contribution >= 0.6 is 11.3 Å². The largest absolute Gasteiger partial charge is 0.467 e. The Bertz CT molecular complexity index is 1300. The predicted molar refractivity (Wildman–Crippen MR) is 117 cm³/mol. The van der Waals surface area contributed by atoms with Gasteiger partial charge in [0.25, 0.3) is 5.91 Å². The third-order valence-corrected chi connectivity index (χ3v) is 6.15. The van der Waals surface area contributed by atoms with Gasteiger partial charge in [-0.05, 0) is 47.3 Å². The highest BCUT2D eigenvalue weighted by Gasteiger charge is 2.41. The molecule has 9 heteroatoms. The number of carbonyl (C=O) groups excluding carboxylic acids is 2. The Morgan fingerprint density at radius 2 is 1.88 bits per heavy atom. The Kier molecular flexibility index (Phi) is 5.02. The molecule has 3 heterocycles. The highest BCUT2D eigenvalue weighted by Crippen LogP contribution is 2.34. The summed E-state index contributed by atoms with van der Waals surface area (Å²) >= 11 is 1.45. The van der Waals surface area contributed by atoms with Gasteiger partial charge in [0, 0.05) is 12.1 Å². The summed E-state index contributed by atoms with van der Waals surface area (Å²) in [5.41, 5.74) is 2.06. The van der Waals surface area contributed by atoms with E-state index in [1.807, 2.05) is 29.6 Å². The fourth-order valence-electron chi connectivity index (χ4n) is 3.80. The lowest BCUT2D eigenvalue weighted by molar-refractivity contribution is -0.141. The molecule has 0 spiro atoms. The van der Waals surface area contributed by atoms with E-state index in [0.29, 0.717) is 23.6 Å². The summed E-state index contributed by atoms with van der Waals surface area (Å²) in [5.74, 6) is -1.01. The molecule has 2 aromatic carbocycles. The summed E-state index contributed by atoms with van der Waals surface area (Å²) in [6.07, 6.45) is 0.352. The van der Waals surface area contributed by atoms with Crippen LogP contribution < -0.4 is 4.90 Å². The lowest BCUT2D eigenvalue weighted by atomic mass is 10.1. The van der Waals surface area contributed by atoms with Crippen LogP contribution in [-0.4, -0.2) is 39.8 Å². The number of amides is 1. The predicted octanol–water partition coefficient (Wildman–Crippen LogP) is 3.88. The van der Waals surface area contributed by atoms with Crippen LogP contribution in [0.4, 0.5) is 10.1 Å². The van der Waals surface area contributed by atoms with Gasteiger partial charge in [-0.2, -0.15) is 0 Å². The molecule has 1 amide bonds. The Morgan fingerprint density at radius 3 is 2.59 bits per heavy atom. The second-order valence-corrected chi connectivity index (χ2v) is 8.12. The van der Waals surface area contributed by atoms with Crippen molar-refractivity contribution >= 4 is 28.9 Å². The summed E-state index contributed by atoms with van der Waals surface area (Å²) in [6, 6.07) is 16.0. The Labute approximate surface area is 186 Å². The number of esters is 1. The molecule has 0 radical (unpaired) electrons. The van der Waals surface area contributed by atoms with E-state index < -0.39 is 17.9 Å². The molecule has 160 valence electrons. The molecule has 1 aliphatic heterocycles. The summed E-state index contributed by atoms with van der Waals surface area (Å²) in [6.45, 7) is 0. The summed E-state index contributed by atoms with van der Waals surface area (Å²) in [7, 11) is 1.30. The topological polar surface area (TPSA) is 77.3 Å². The third kappa shape index (κ3) is 3.36. The number of nitrogens with zero attached hydrogens (tertiary/aromatic N) is 4. The van der Waals surface area contributed by atoms with Crippen LogP contribution in [0, 0.1) is 5.82 Å². The van der Waals surface area contributed by atoms with Crippen LogP contribution in [0.2, 0.25) is 0 Å². The van der Waals surface area contributed by atoms with Gasteiger partial charge >= 0.3 is 5.97 Å². The molecule has 0 saturated carbocycles. The van der Waals surface area contributed by atoms with Crippen molar-refractivity contribution < 1.29 is 18.7 Å². The molecule has 7 nitrogen and oxygen atoms in total. The van der Waals surface area contributed by atoms with Crippen molar-refractivity contribution in [3.05, 3.63) is 83.2 Å². The third-order valence-electron chi connectivity index (χ3n) is 5.28. The number of fused-ring (bicyclic) bond motifs is 1. The zero-order valence-corrected chi connectivity index (χ0v) is 17.8. The average molecular weight is 448 g/mol. The molecule has 0 aliphatic carbocycles. The first kappa shape index (κ1) is 20.1. The number of benzene rings is 2. The maximum absolute atomic E-state index is 13.6. The normalized spacial score (nSPS) is 14.9. The standard InChI is InChI=1S/C23H17FN4O3S/c1-31-23(30)18-13-14-5-2-3-6-17(14)27(18)22(29)20-25-21(19-7-4-12-32-19)28(26-20)16-10-8-15(24)9-11-16/h2-12,18H,13H2,1H3. The molecule has 5 rings (SSSR count). The minimum Gasteiger partial charge on any atom is -0.467 e. The van der Waals surface area contributed by atoms with Gasteiger partial charge in [0.1, 0.15) is 11.9 Å². The van der Waals surface area contributed by atoms with E-state index in [4.69, 9.17) is 4.74 Å². The SMILES string of the molecule is COC(=O)C1Cc2ccccc2N1C(=O)c1nc(-c2cccs2)n(-c2ccc(F)cc2)n1. The number of hydrogen-bond acceptors (Lipinski definition) is 6. The number of ether oxygens (including phenoxy) is 1. The van der Waals surface area contributed by atoms with Gasteiger partial charge in [-0.15, -0.1) is 16.4 Å². The van der Waals surface area contributed by atoms with Crippen LogP contribution in [0.1, 0.15) is 16.2 Å². The quantitative estimate of drug-likeness (QED) is 0.443. The number of aromatic nitrogens is 3. The molecular formula is C23H17FN4O3S. The van der Waals surface area contributed by atoms with E-state index in [-0.39, 0.29) is 11.6 Å². The van der Waals surface area contributed by atoms with E-state index in [9.17, 15) is 14.0 Å². The molecule has 1 aliphatic rings. The number of anilines is 1. The fraction of sp³-hybridized carbons (Fsp3) is 0.130. The maximum Gasteiger partial charge on any atom is 0.329 e. The van der Waals surface area contributed by atoms with Gasteiger partial charge in [0.15, 0.2) is 5.82 Å². The minimum absolute atomic E-state index is 0.0664. The fourth-order valence-corrected chi connectivity index (χ4v) is 4.50. The van der Waals surface area contributed by atoms with Crippen molar-refractivity contribution in [3.63, 3.8) is 0 Å². The van der Waals surface area contributed by atoms with Crippen molar-refractivity contribution in [1.29, 1.82) is 0 Å². The Balaban J connectivity index is 1.61. The monoisotopic (exact) mass is 448 g/mol. The van der Waals surface area contributed by atoms with E-state index in [1.54, 1.807) is 24.3 Å². The van der Waals surface area contributed by atoms with Crippen molar-refractivity contribution in [3.8, 4) is 16.4 Å². The van der Waals surface area contributed by atoms with Crippen LogP contribution in [0.25, 0.3) is 16.4 Å². The van der Waals surface area contributed by atoms with E-state index in [1.165, 1.54) is 40.2 Å². The van der Waals surface area contributed by atoms with Crippen molar-refractivity contribution in [2.24, 2.45) is 0 Å². The lowest BCUT2D eigenvalue weighted by Crippen LogP contribution is -2.44. The number of hydrogen-bond donors (Lipinski definition) is 0. The number of halogens is 1. The van der Waals surface area contributed by atoms with Crippen molar-refractivity contribution in [2.75, 3.05) is 12.0 Å². The number of rotatable bonds is 4. The van der Waals surface area contributed by atoms with Gasteiger partial charge in [-0.25, -0.2) is 18.9 Å². The van der Waals surface area contributed by atoms with Crippen LogP contribution in [0.3, 0.4) is 0 Å². The summed E-state index contributed by atoms with van der Waals surface area (Å²) in [5, 5.41) is 6.34. The second kappa shape index (κ2) is 8.01. The number of para-hydroxylation sites is 1. The molecule has 0 N–H and O–H groups in total. The minimum atomic E-state index is -0.798. The Hall–Kier alpha value is -3.85. The molecule has 0 bridgehead atoms. The average Bonchev–Trinajstić information content (AvgIpc) is 3.56. The Morgan fingerprint density at radius 1 is 1.09 bits per heavy atom. The van der Waals surface area contributed by atoms with E-state index in [2.05, 4.69) is 10.1 Å². The second-order valence-electron chi connectivity index (χ2n) is 7.17. The molecule has 1 atom stereocenters. The first-order valence-electron chi connectivity index (χ1n) is 9.83. The van der Waals surface area contributed by atoms with Crippen LogP contribution in [0.15, 0.2) is 66.0 Å². The smallest absolute Gasteiger partial charge is 0.329 e. The molecule has 32 heavy (non-hydrogen) atoms. The maximum atomic E-state index is 13.6. The van der Waals surface area contributed by atoms with E-state index in [0.717, 1.165) is 10.4 Å². The van der Waals surface area contributed by atoms with Crippen LogP contribution in [0.5, 0.6) is 0 Å². The van der Waals surface area contributed by atoms with Crippen LogP contribution in [-0.2, 0) is 16.0 Å². The first-order chi connectivity index (χ1) is 15.6. The molecule has 1 unspecified atom stereocenters. The molecule has 0 saturated heterocycles. The van der Waals surface area contributed by atoms with E-state index >= 15 is 0 Å². The first-order valence-corrected chi connectivity index (χ1v) is 10.7. The summed E-state index contributed by atoms with van der Waals surface area (Å²) in [4.78, 5) is 32.7. The number of thiophene rings is 1. The van der Waals surface area contributed by atoms with Gasteiger partial charge in [0.2, 0.25) is 5.82 Å². The number of carbonyl (C=O) groups is 2. The van der Waals surface area contributed by atoms with Crippen molar-refractivity contribution in [2.45, 2.75) is 12.5 Å². The zero-order chi connectivity index (χ0) is 22.2. The molecule has 4 aromatic rings. The van der Waals surface area contributed by atoms with Gasteiger partial charge in [-0.3, -0.25) is 9.69 Å². The highest BCUT2D eigenvalue weighted by atomic mass is 32.1. The van der Waals surface area contributed by atoms with Gasteiger partial charge < -0.3 is 4.74 Å². The van der Waals surface area contributed by atoms with Crippen molar-refractivity contribution in [1.82, 2.24) is 14.8 Å².